The fourth-order valence-electron chi connectivity index (χ4n) is 5.66. The number of urea groups is 1. The van der Waals surface area contributed by atoms with E-state index in [0.29, 0.717) is 49.7 Å². The topological polar surface area (TPSA) is 73.0 Å². The van der Waals surface area contributed by atoms with Crippen LogP contribution in [-0.2, 0) is 9.59 Å². The molecule has 2 aliphatic heterocycles. The molecule has 7 nitrogen and oxygen atoms in total. The van der Waals surface area contributed by atoms with Gasteiger partial charge in [0.1, 0.15) is 5.82 Å². The van der Waals surface area contributed by atoms with Gasteiger partial charge in [0.2, 0.25) is 11.8 Å². The molecule has 0 unspecified atom stereocenters. The van der Waals surface area contributed by atoms with Crippen molar-refractivity contribution in [1.29, 1.82) is 0 Å². The van der Waals surface area contributed by atoms with Crippen LogP contribution < -0.4 is 5.32 Å². The molecule has 0 aromatic heterocycles. The number of carbonyl (C=O) groups is 3. The Kier molecular flexibility index (Phi) is 7.36. The molecule has 2 atom stereocenters. The zero-order valence-corrected chi connectivity index (χ0v) is 22.6. The molecule has 9 heteroatoms. The third-order valence-corrected chi connectivity index (χ3v) is 8.71. The van der Waals surface area contributed by atoms with Gasteiger partial charge in [-0.1, -0.05) is 30.7 Å². The summed E-state index contributed by atoms with van der Waals surface area (Å²) in [5.74, 6) is -0.281. The van der Waals surface area contributed by atoms with Crippen molar-refractivity contribution in [2.45, 2.75) is 44.6 Å². The number of amides is 4. The molecule has 2 aromatic rings. The molecule has 202 valence electrons. The van der Waals surface area contributed by atoms with E-state index in [9.17, 15) is 18.8 Å². The maximum atomic E-state index is 13.6. The first-order valence-electron chi connectivity index (χ1n) is 13.3. The summed E-state index contributed by atoms with van der Waals surface area (Å²) in [6, 6.07) is 12.6. The molecule has 1 saturated carbocycles. The lowest BCUT2D eigenvalue weighted by Gasteiger charge is -2.34. The lowest BCUT2D eigenvalue weighted by molar-refractivity contribution is -0.142. The molecule has 1 N–H and O–H groups in total. The summed E-state index contributed by atoms with van der Waals surface area (Å²) in [5.41, 5.74) is 1.32. The maximum absolute atomic E-state index is 13.6. The van der Waals surface area contributed by atoms with Crippen LogP contribution in [0.1, 0.15) is 44.1 Å². The van der Waals surface area contributed by atoms with Crippen LogP contribution in [-0.4, -0.2) is 71.8 Å². The summed E-state index contributed by atoms with van der Waals surface area (Å²) in [6.07, 6.45) is 3.23. The van der Waals surface area contributed by atoms with E-state index in [2.05, 4.69) is 5.32 Å². The average Bonchev–Trinajstić information content (AvgIpc) is 3.52. The number of hydrogen-bond donors (Lipinski definition) is 1. The molecule has 2 aromatic carbocycles. The highest BCUT2D eigenvalue weighted by atomic mass is 35.5. The van der Waals surface area contributed by atoms with Gasteiger partial charge in [-0.3, -0.25) is 9.59 Å². The minimum atomic E-state index is -0.374. The summed E-state index contributed by atoms with van der Waals surface area (Å²) >= 11 is 6.12. The first kappa shape index (κ1) is 26.5. The van der Waals surface area contributed by atoms with E-state index < -0.39 is 0 Å². The number of benzene rings is 2. The predicted molar refractivity (Wildman–Crippen MR) is 144 cm³/mol. The van der Waals surface area contributed by atoms with E-state index in [1.165, 1.54) is 24.3 Å². The van der Waals surface area contributed by atoms with Crippen LogP contribution in [0.5, 0.6) is 0 Å². The van der Waals surface area contributed by atoms with Gasteiger partial charge in [-0.15, -0.1) is 0 Å². The Morgan fingerprint density at radius 3 is 2.21 bits per heavy atom. The highest BCUT2D eigenvalue weighted by molar-refractivity contribution is 6.30. The molecule has 0 spiro atoms. The number of likely N-dealkylation sites (tertiary alicyclic amines) is 2. The van der Waals surface area contributed by atoms with Crippen LogP contribution >= 0.6 is 11.6 Å². The summed E-state index contributed by atoms with van der Waals surface area (Å²) in [6.45, 7) is 4.16. The van der Waals surface area contributed by atoms with Crippen molar-refractivity contribution in [2.75, 3.05) is 38.5 Å². The van der Waals surface area contributed by atoms with Gasteiger partial charge in [0.25, 0.3) is 0 Å². The Hall–Kier alpha value is -3.13. The summed E-state index contributed by atoms with van der Waals surface area (Å²) < 4.78 is 13.3. The quantitative estimate of drug-likeness (QED) is 0.581. The molecule has 3 aliphatic rings. The van der Waals surface area contributed by atoms with Crippen molar-refractivity contribution < 1.29 is 18.8 Å². The number of anilines is 1. The van der Waals surface area contributed by atoms with Crippen molar-refractivity contribution in [1.82, 2.24) is 14.7 Å². The number of likely N-dealkylation sites (N-methyl/N-ethyl adjacent to an activating group) is 1. The molecule has 2 heterocycles. The Morgan fingerprint density at radius 1 is 0.974 bits per heavy atom. The highest BCUT2D eigenvalue weighted by Gasteiger charge is 2.48. The Labute approximate surface area is 227 Å². The smallest absolute Gasteiger partial charge is 0.321 e. The van der Waals surface area contributed by atoms with Crippen molar-refractivity contribution in [3.05, 3.63) is 64.9 Å². The highest BCUT2D eigenvalue weighted by Crippen LogP contribution is 2.47. The van der Waals surface area contributed by atoms with Crippen LogP contribution in [0.3, 0.4) is 0 Å². The fourth-order valence-corrected chi connectivity index (χ4v) is 5.79. The number of rotatable bonds is 5. The molecule has 5 rings (SSSR count). The second-order valence-electron chi connectivity index (χ2n) is 11.1. The van der Waals surface area contributed by atoms with Crippen LogP contribution in [0.2, 0.25) is 5.02 Å². The van der Waals surface area contributed by atoms with Crippen LogP contribution in [0, 0.1) is 17.2 Å². The standard InChI is InChI=1S/C29H34ClFN4O3/c1-29(13-14-29)27(37)34-15-11-20(12-16-34)26(36)35-17-24(19-3-5-21(30)6-4-19)25(18-35)33(2)28(38)32-23-9-7-22(31)8-10-23/h3-10,20,24-25H,11-18H2,1-2H3,(H,32,38)/t24-,25+/m1/s1. The van der Waals surface area contributed by atoms with Crippen LogP contribution in [0.4, 0.5) is 14.9 Å². The van der Waals surface area contributed by atoms with Crippen LogP contribution in [0.15, 0.2) is 48.5 Å². The third-order valence-electron chi connectivity index (χ3n) is 8.46. The van der Waals surface area contributed by atoms with Crippen molar-refractivity contribution in [3.8, 4) is 0 Å². The predicted octanol–water partition coefficient (Wildman–Crippen LogP) is 4.98. The van der Waals surface area contributed by atoms with E-state index in [1.54, 1.807) is 11.9 Å². The molecule has 3 fully saturated rings. The van der Waals surface area contributed by atoms with Crippen molar-refractivity contribution >= 4 is 35.1 Å². The zero-order valence-electron chi connectivity index (χ0n) is 21.8. The molecule has 1 aliphatic carbocycles. The SMILES string of the molecule is CN(C(=O)Nc1ccc(F)cc1)[C@H]1CN(C(=O)C2CCN(C(=O)C3(C)CC3)CC2)C[C@@H]1c1ccc(Cl)cc1. The number of piperidine rings is 1. The van der Waals surface area contributed by atoms with E-state index in [0.717, 1.165) is 18.4 Å². The molecule has 4 amide bonds. The van der Waals surface area contributed by atoms with Gasteiger partial charge in [0.05, 0.1) is 6.04 Å². The van der Waals surface area contributed by atoms with Gasteiger partial charge < -0.3 is 20.0 Å². The van der Waals surface area contributed by atoms with E-state index in [1.807, 2.05) is 41.0 Å². The number of hydrogen-bond acceptors (Lipinski definition) is 3. The normalized spacial score (nSPS) is 22.7. The number of carbonyl (C=O) groups excluding carboxylic acids is 3. The summed E-state index contributed by atoms with van der Waals surface area (Å²) in [7, 11) is 1.73. The summed E-state index contributed by atoms with van der Waals surface area (Å²) in [4.78, 5) is 44.9. The van der Waals surface area contributed by atoms with E-state index in [-0.39, 0.29) is 47.0 Å². The van der Waals surface area contributed by atoms with Gasteiger partial charge in [0, 0.05) is 61.2 Å². The maximum Gasteiger partial charge on any atom is 0.321 e. The zero-order chi connectivity index (χ0) is 27.0. The average molecular weight is 541 g/mol. The largest absolute Gasteiger partial charge is 0.342 e. The Bertz CT molecular complexity index is 1190. The van der Waals surface area contributed by atoms with Gasteiger partial charge >= 0.3 is 6.03 Å². The van der Waals surface area contributed by atoms with E-state index in [4.69, 9.17) is 11.6 Å². The minimum absolute atomic E-state index is 0.0864. The lowest BCUT2D eigenvalue weighted by Crippen LogP contribution is -2.47. The first-order valence-corrected chi connectivity index (χ1v) is 13.7. The summed E-state index contributed by atoms with van der Waals surface area (Å²) in [5, 5.41) is 3.45. The first-order chi connectivity index (χ1) is 18.1. The second kappa shape index (κ2) is 10.6. The molecular formula is C29H34ClFN4O3. The van der Waals surface area contributed by atoms with Gasteiger partial charge in [-0.2, -0.15) is 0 Å². The van der Waals surface area contributed by atoms with Crippen molar-refractivity contribution in [3.63, 3.8) is 0 Å². The Balaban J connectivity index is 1.27. The van der Waals surface area contributed by atoms with E-state index >= 15 is 0 Å². The van der Waals surface area contributed by atoms with Gasteiger partial charge in [-0.25, -0.2) is 9.18 Å². The van der Waals surface area contributed by atoms with Crippen LogP contribution in [0.25, 0.3) is 0 Å². The molecule has 0 bridgehead atoms. The molecular weight excluding hydrogens is 507 g/mol. The number of nitrogens with one attached hydrogen (secondary N) is 1. The lowest BCUT2D eigenvalue weighted by atomic mass is 9.93. The molecule has 2 saturated heterocycles. The van der Waals surface area contributed by atoms with Gasteiger partial charge in [0.15, 0.2) is 0 Å². The van der Waals surface area contributed by atoms with Gasteiger partial charge in [-0.05, 0) is 67.6 Å². The molecule has 0 radical (unpaired) electrons. The second-order valence-corrected chi connectivity index (χ2v) is 11.6. The monoisotopic (exact) mass is 540 g/mol. The fraction of sp³-hybridized carbons (Fsp3) is 0.483. The van der Waals surface area contributed by atoms with Crippen molar-refractivity contribution in [2.24, 2.45) is 11.3 Å². The Morgan fingerprint density at radius 2 is 1.61 bits per heavy atom. The number of nitrogens with zero attached hydrogens (tertiary/aromatic N) is 3. The third kappa shape index (κ3) is 5.51. The number of halogens is 2. The minimum Gasteiger partial charge on any atom is -0.342 e. The molecule has 38 heavy (non-hydrogen) atoms.